The molecular weight excluding hydrogens is 528 g/mol. The van der Waals surface area contributed by atoms with Gasteiger partial charge in [0, 0.05) is 43.0 Å². The van der Waals surface area contributed by atoms with Crippen LogP contribution in [0.15, 0.2) is 42.5 Å². The van der Waals surface area contributed by atoms with Gasteiger partial charge in [0.05, 0.1) is 43.0 Å². The maximum Gasteiger partial charge on any atom is 0.231 e. The normalized spacial score (nSPS) is 14.7. The molecule has 0 aliphatic carbocycles. The molecule has 0 spiro atoms. The number of fused-ring (bicyclic) bond motifs is 2. The molecule has 0 unspecified atom stereocenters. The highest BCUT2D eigenvalue weighted by Crippen LogP contribution is 2.48. The second-order valence-electron chi connectivity index (χ2n) is 10.3. The molecule has 1 aromatic heterocycles. The molecule has 0 N–H and O–H groups in total. The Morgan fingerprint density at radius 1 is 0.950 bits per heavy atom. The molecule has 3 heterocycles. The van der Waals surface area contributed by atoms with E-state index in [2.05, 4.69) is 46.5 Å². The second-order valence-corrected chi connectivity index (χ2v) is 10.7. The first kappa shape index (κ1) is 26.4. The van der Waals surface area contributed by atoms with Gasteiger partial charge in [-0.3, -0.25) is 4.68 Å². The predicted molar refractivity (Wildman–Crippen MR) is 159 cm³/mol. The fourth-order valence-corrected chi connectivity index (χ4v) is 6.01. The number of halogens is 1. The third kappa shape index (κ3) is 4.64. The van der Waals surface area contributed by atoms with Crippen molar-refractivity contribution in [3.05, 3.63) is 64.3 Å². The van der Waals surface area contributed by atoms with E-state index in [0.29, 0.717) is 18.0 Å². The molecule has 4 aromatic rings. The zero-order valence-electron chi connectivity index (χ0n) is 23.5. The van der Waals surface area contributed by atoms with E-state index in [1.807, 2.05) is 24.3 Å². The summed E-state index contributed by atoms with van der Waals surface area (Å²) in [4.78, 5) is 4.86. The Bertz CT molecular complexity index is 1540. The summed E-state index contributed by atoms with van der Waals surface area (Å²) >= 11 is 6.44. The molecule has 2 aliphatic heterocycles. The molecule has 0 radical (unpaired) electrons. The fraction of sp³-hybridized carbons (Fsp3) is 0.387. The predicted octanol–water partition coefficient (Wildman–Crippen LogP) is 6.07. The number of anilines is 2. The van der Waals surface area contributed by atoms with E-state index in [-0.39, 0.29) is 6.79 Å². The average molecular weight is 563 g/mol. The van der Waals surface area contributed by atoms with E-state index in [1.165, 1.54) is 5.69 Å². The quantitative estimate of drug-likeness (QED) is 0.258. The maximum atomic E-state index is 6.44. The lowest BCUT2D eigenvalue weighted by molar-refractivity contribution is 0.174. The minimum Gasteiger partial charge on any atom is -0.493 e. The van der Waals surface area contributed by atoms with Gasteiger partial charge in [-0.15, -0.1) is 0 Å². The van der Waals surface area contributed by atoms with E-state index in [4.69, 9.17) is 35.6 Å². The van der Waals surface area contributed by atoms with E-state index >= 15 is 0 Å². The maximum absolute atomic E-state index is 6.44. The number of hydrogen-bond acceptors (Lipinski definition) is 7. The minimum atomic E-state index is 0.225. The van der Waals surface area contributed by atoms with E-state index in [9.17, 15) is 0 Å². The van der Waals surface area contributed by atoms with Crippen molar-refractivity contribution in [1.29, 1.82) is 0 Å². The first-order valence-electron chi connectivity index (χ1n) is 13.8. The number of aryl methyl sites for hydroxylation is 1. The van der Waals surface area contributed by atoms with Crippen LogP contribution in [0.4, 0.5) is 11.4 Å². The standard InChI is InChI=1S/C31H35ClN4O4/c1-5-7-23-29-25(36(33-23)18-21-10-11-26(37-3)27(16-21)38-4)17-28-31(40-19-39-28)30(29)35-14-12-34(13-15-35)24-9-6-8-22(32)20(24)2/h6,8-11,16-17H,5,7,12-15,18-19H2,1-4H3. The highest BCUT2D eigenvalue weighted by atomic mass is 35.5. The van der Waals surface area contributed by atoms with Gasteiger partial charge >= 0.3 is 0 Å². The van der Waals surface area contributed by atoms with E-state index in [1.54, 1.807) is 14.2 Å². The van der Waals surface area contributed by atoms with Crippen LogP contribution in [-0.4, -0.2) is 57.0 Å². The van der Waals surface area contributed by atoms with E-state index < -0.39 is 0 Å². The summed E-state index contributed by atoms with van der Waals surface area (Å²) in [6.45, 7) is 8.58. The van der Waals surface area contributed by atoms with Crippen molar-refractivity contribution in [3.63, 3.8) is 0 Å². The Morgan fingerprint density at radius 2 is 1.73 bits per heavy atom. The summed E-state index contributed by atoms with van der Waals surface area (Å²) in [5.41, 5.74) is 6.62. The number of piperazine rings is 1. The van der Waals surface area contributed by atoms with Gasteiger partial charge in [-0.2, -0.15) is 5.10 Å². The molecule has 2 aliphatic rings. The van der Waals surface area contributed by atoms with Crippen molar-refractivity contribution >= 4 is 33.9 Å². The van der Waals surface area contributed by atoms with Gasteiger partial charge in [0.15, 0.2) is 23.0 Å². The van der Waals surface area contributed by atoms with Crippen LogP contribution in [0.25, 0.3) is 10.9 Å². The molecule has 0 bridgehead atoms. The van der Waals surface area contributed by atoms with Gasteiger partial charge in [0.25, 0.3) is 0 Å². The first-order valence-corrected chi connectivity index (χ1v) is 14.2. The van der Waals surface area contributed by atoms with Crippen LogP contribution in [0.3, 0.4) is 0 Å². The molecule has 0 saturated carbocycles. The van der Waals surface area contributed by atoms with Crippen LogP contribution in [0.5, 0.6) is 23.0 Å². The van der Waals surface area contributed by atoms with Crippen LogP contribution in [0.1, 0.15) is 30.2 Å². The Morgan fingerprint density at radius 3 is 2.48 bits per heavy atom. The molecule has 40 heavy (non-hydrogen) atoms. The first-order chi connectivity index (χ1) is 19.5. The van der Waals surface area contributed by atoms with Crippen LogP contribution < -0.4 is 28.7 Å². The number of methoxy groups -OCH3 is 2. The van der Waals surface area contributed by atoms with Gasteiger partial charge in [-0.1, -0.05) is 37.1 Å². The SMILES string of the molecule is CCCc1nn(Cc2ccc(OC)c(OC)c2)c2cc3c(c(N4CCN(c5cccc(Cl)c5C)CC4)c12)OCO3. The number of benzene rings is 3. The van der Waals surface area contributed by atoms with Gasteiger partial charge < -0.3 is 28.7 Å². The van der Waals surface area contributed by atoms with Crippen molar-refractivity contribution in [2.45, 2.75) is 33.2 Å². The van der Waals surface area contributed by atoms with Gasteiger partial charge in [0.2, 0.25) is 6.79 Å². The number of hydrogen-bond donors (Lipinski definition) is 0. The lowest BCUT2D eigenvalue weighted by atomic mass is 10.1. The number of rotatable bonds is 8. The summed E-state index contributed by atoms with van der Waals surface area (Å²) in [6, 6.07) is 14.2. The molecular formula is C31H35ClN4O4. The molecule has 0 atom stereocenters. The molecule has 1 saturated heterocycles. The third-order valence-electron chi connectivity index (χ3n) is 7.87. The van der Waals surface area contributed by atoms with Gasteiger partial charge in [-0.25, -0.2) is 0 Å². The topological polar surface area (TPSA) is 61.2 Å². The van der Waals surface area contributed by atoms with Crippen LogP contribution in [0, 0.1) is 6.92 Å². The van der Waals surface area contributed by atoms with Crippen molar-refractivity contribution < 1.29 is 18.9 Å². The largest absolute Gasteiger partial charge is 0.493 e. The molecule has 8 nitrogen and oxygen atoms in total. The Hall–Kier alpha value is -3.78. The second kappa shape index (κ2) is 11.0. The smallest absolute Gasteiger partial charge is 0.231 e. The number of nitrogens with zero attached hydrogens (tertiary/aromatic N) is 4. The zero-order chi connectivity index (χ0) is 27.8. The molecule has 3 aromatic carbocycles. The lowest BCUT2D eigenvalue weighted by Gasteiger charge is -2.38. The fourth-order valence-electron chi connectivity index (χ4n) is 5.85. The number of ether oxygens (including phenoxy) is 4. The molecule has 1 fully saturated rings. The Labute approximate surface area is 239 Å². The molecule has 9 heteroatoms. The number of aromatic nitrogens is 2. The summed E-state index contributed by atoms with van der Waals surface area (Å²) in [5.74, 6) is 3.01. The van der Waals surface area contributed by atoms with Crippen LogP contribution in [0.2, 0.25) is 5.02 Å². The average Bonchev–Trinajstić information content (AvgIpc) is 3.58. The van der Waals surface area contributed by atoms with Gasteiger partial charge in [0.1, 0.15) is 0 Å². The highest BCUT2D eigenvalue weighted by Gasteiger charge is 2.31. The molecule has 6 rings (SSSR count). The Kier molecular flexibility index (Phi) is 7.27. The summed E-state index contributed by atoms with van der Waals surface area (Å²) < 4.78 is 25.1. The van der Waals surface area contributed by atoms with E-state index in [0.717, 1.165) is 89.0 Å². The lowest BCUT2D eigenvalue weighted by Crippen LogP contribution is -2.47. The minimum absolute atomic E-state index is 0.225. The van der Waals surface area contributed by atoms with Crippen molar-refractivity contribution in [3.8, 4) is 23.0 Å². The van der Waals surface area contributed by atoms with Crippen LogP contribution in [-0.2, 0) is 13.0 Å². The van der Waals surface area contributed by atoms with Crippen molar-refractivity contribution in [1.82, 2.24) is 9.78 Å². The molecule has 0 amide bonds. The summed E-state index contributed by atoms with van der Waals surface area (Å²) in [5, 5.41) is 7.09. The van der Waals surface area contributed by atoms with Crippen molar-refractivity contribution in [2.24, 2.45) is 0 Å². The third-order valence-corrected chi connectivity index (χ3v) is 8.28. The monoisotopic (exact) mass is 562 g/mol. The highest BCUT2D eigenvalue weighted by molar-refractivity contribution is 6.31. The molecule has 210 valence electrons. The summed E-state index contributed by atoms with van der Waals surface area (Å²) in [7, 11) is 3.31. The van der Waals surface area contributed by atoms with Crippen LogP contribution >= 0.6 is 11.6 Å². The van der Waals surface area contributed by atoms with Gasteiger partial charge in [-0.05, 0) is 48.7 Å². The Balaban J connectivity index is 1.38. The zero-order valence-corrected chi connectivity index (χ0v) is 24.3. The summed E-state index contributed by atoms with van der Waals surface area (Å²) in [6.07, 6.45) is 1.88. The van der Waals surface area contributed by atoms with Crippen molar-refractivity contribution in [2.75, 3.05) is 57.0 Å².